The smallest absolute Gasteiger partial charge is 0.238 e. The Balaban J connectivity index is 1.99. The van der Waals surface area contributed by atoms with Crippen molar-refractivity contribution in [1.82, 2.24) is 4.98 Å². The molecule has 0 N–H and O–H groups in total. The second-order valence-electron chi connectivity index (χ2n) is 4.89. The predicted octanol–water partition coefficient (Wildman–Crippen LogP) is 1.85. The van der Waals surface area contributed by atoms with Gasteiger partial charge in [-0.25, -0.2) is 4.90 Å². The van der Waals surface area contributed by atoms with Gasteiger partial charge < -0.3 is 0 Å². The van der Waals surface area contributed by atoms with E-state index in [0.717, 1.165) is 5.56 Å². The van der Waals surface area contributed by atoms with Crippen molar-refractivity contribution in [3.63, 3.8) is 0 Å². The number of rotatable bonds is 1. The topological polar surface area (TPSA) is 50.3 Å². The highest BCUT2D eigenvalue weighted by atomic mass is 16.2. The molecule has 1 saturated heterocycles. The van der Waals surface area contributed by atoms with E-state index < -0.39 is 0 Å². The summed E-state index contributed by atoms with van der Waals surface area (Å²) in [5, 5.41) is 0. The second-order valence-corrected chi connectivity index (χ2v) is 4.89. The van der Waals surface area contributed by atoms with Gasteiger partial charge in [-0.15, -0.1) is 0 Å². The molecule has 0 spiro atoms. The number of nitrogens with zero attached hydrogens (tertiary/aromatic N) is 2. The van der Waals surface area contributed by atoms with Gasteiger partial charge in [-0.05, 0) is 31.4 Å². The largest absolute Gasteiger partial charge is 0.274 e. The van der Waals surface area contributed by atoms with E-state index in [0.29, 0.717) is 18.5 Å². The fourth-order valence-corrected chi connectivity index (χ4v) is 2.72. The molecule has 1 aliphatic heterocycles. The number of fused-ring (bicyclic) bond motifs is 1. The maximum atomic E-state index is 12.3. The zero-order chi connectivity index (χ0) is 12.7. The molecular formula is C14H14N2O2. The first-order chi connectivity index (χ1) is 8.68. The number of imide groups is 1. The van der Waals surface area contributed by atoms with Gasteiger partial charge in [0.2, 0.25) is 11.8 Å². The summed E-state index contributed by atoms with van der Waals surface area (Å²) in [7, 11) is 0. The minimum atomic E-state index is -0.178. The number of anilines is 1. The minimum absolute atomic E-state index is 0.0817. The van der Waals surface area contributed by atoms with Gasteiger partial charge >= 0.3 is 0 Å². The summed E-state index contributed by atoms with van der Waals surface area (Å²) in [4.78, 5) is 30.0. The third-order valence-corrected chi connectivity index (χ3v) is 3.63. The molecule has 1 aromatic heterocycles. The number of pyridine rings is 1. The van der Waals surface area contributed by atoms with Crippen molar-refractivity contribution >= 4 is 17.5 Å². The van der Waals surface area contributed by atoms with E-state index >= 15 is 0 Å². The van der Waals surface area contributed by atoms with E-state index in [1.165, 1.54) is 4.90 Å². The fraction of sp³-hybridized carbons (Fsp3) is 0.357. The van der Waals surface area contributed by atoms with E-state index in [9.17, 15) is 9.59 Å². The molecule has 0 aromatic carbocycles. The SMILES string of the molecule is Cc1cncc(N2C(=O)[C@H]3CC=CC[C@H]3C2=O)c1. The van der Waals surface area contributed by atoms with Crippen molar-refractivity contribution in [3.8, 4) is 0 Å². The highest BCUT2D eigenvalue weighted by molar-refractivity contribution is 6.22. The van der Waals surface area contributed by atoms with Crippen LogP contribution in [0.4, 0.5) is 5.69 Å². The number of carbonyl (C=O) groups excluding carboxylic acids is 2. The Kier molecular flexibility index (Phi) is 2.51. The van der Waals surface area contributed by atoms with Gasteiger partial charge in [0.15, 0.2) is 0 Å². The predicted molar refractivity (Wildman–Crippen MR) is 66.8 cm³/mol. The van der Waals surface area contributed by atoms with Crippen molar-refractivity contribution in [3.05, 3.63) is 36.2 Å². The molecule has 0 bridgehead atoms. The van der Waals surface area contributed by atoms with Crippen LogP contribution in [0.15, 0.2) is 30.6 Å². The molecule has 18 heavy (non-hydrogen) atoms. The molecule has 1 fully saturated rings. The van der Waals surface area contributed by atoms with Crippen molar-refractivity contribution in [1.29, 1.82) is 0 Å². The van der Waals surface area contributed by atoms with Crippen molar-refractivity contribution in [2.24, 2.45) is 11.8 Å². The molecule has 3 rings (SSSR count). The van der Waals surface area contributed by atoms with Crippen LogP contribution >= 0.6 is 0 Å². The third kappa shape index (κ3) is 1.56. The van der Waals surface area contributed by atoms with Crippen LogP contribution in [0.1, 0.15) is 18.4 Å². The average Bonchev–Trinajstić information content (AvgIpc) is 2.63. The third-order valence-electron chi connectivity index (χ3n) is 3.63. The van der Waals surface area contributed by atoms with Crippen LogP contribution in [-0.4, -0.2) is 16.8 Å². The zero-order valence-electron chi connectivity index (χ0n) is 10.2. The van der Waals surface area contributed by atoms with Crippen molar-refractivity contribution in [2.45, 2.75) is 19.8 Å². The lowest BCUT2D eigenvalue weighted by Gasteiger charge is -2.14. The molecule has 92 valence electrons. The Hall–Kier alpha value is -1.97. The number of hydrogen-bond acceptors (Lipinski definition) is 3. The van der Waals surface area contributed by atoms with Gasteiger partial charge in [-0.2, -0.15) is 0 Å². The highest BCUT2D eigenvalue weighted by Crippen LogP contribution is 2.37. The van der Waals surface area contributed by atoms with E-state index in [-0.39, 0.29) is 23.7 Å². The van der Waals surface area contributed by atoms with Crippen LogP contribution < -0.4 is 4.90 Å². The van der Waals surface area contributed by atoms with Gasteiger partial charge in [0.05, 0.1) is 23.7 Å². The number of aryl methyl sites for hydroxylation is 1. The molecule has 2 aliphatic rings. The molecule has 2 atom stereocenters. The number of allylic oxidation sites excluding steroid dienone is 2. The Morgan fingerprint density at radius 2 is 1.72 bits per heavy atom. The van der Waals surface area contributed by atoms with E-state index in [1.807, 2.05) is 25.1 Å². The molecule has 2 heterocycles. The molecule has 0 saturated carbocycles. The lowest BCUT2D eigenvalue weighted by molar-refractivity contribution is -0.122. The Morgan fingerprint density at radius 3 is 2.28 bits per heavy atom. The van der Waals surface area contributed by atoms with Crippen LogP contribution in [0.25, 0.3) is 0 Å². The lowest BCUT2D eigenvalue weighted by Crippen LogP contribution is -2.31. The van der Waals surface area contributed by atoms with Crippen LogP contribution in [0.2, 0.25) is 0 Å². The fourth-order valence-electron chi connectivity index (χ4n) is 2.72. The minimum Gasteiger partial charge on any atom is -0.274 e. The summed E-state index contributed by atoms with van der Waals surface area (Å²) in [6.07, 6.45) is 8.61. The van der Waals surface area contributed by atoms with Crippen LogP contribution in [0.3, 0.4) is 0 Å². The van der Waals surface area contributed by atoms with Gasteiger partial charge in [0, 0.05) is 6.20 Å². The molecule has 4 heteroatoms. The summed E-state index contributed by atoms with van der Waals surface area (Å²) < 4.78 is 0. The summed E-state index contributed by atoms with van der Waals surface area (Å²) in [6, 6.07) is 1.83. The van der Waals surface area contributed by atoms with E-state index in [2.05, 4.69) is 4.98 Å². The quantitative estimate of drug-likeness (QED) is 0.557. The molecule has 0 radical (unpaired) electrons. The summed E-state index contributed by atoms with van der Waals surface area (Å²) in [6.45, 7) is 1.90. The Labute approximate surface area is 105 Å². The monoisotopic (exact) mass is 242 g/mol. The molecule has 0 unspecified atom stereocenters. The summed E-state index contributed by atoms with van der Waals surface area (Å²) >= 11 is 0. The van der Waals surface area contributed by atoms with Crippen molar-refractivity contribution in [2.75, 3.05) is 4.90 Å². The Bertz CT molecular complexity index is 524. The molecule has 1 aliphatic carbocycles. The van der Waals surface area contributed by atoms with Gasteiger partial charge in [0.25, 0.3) is 0 Å². The number of carbonyl (C=O) groups is 2. The maximum Gasteiger partial charge on any atom is 0.238 e. The average molecular weight is 242 g/mol. The first kappa shape index (κ1) is 11.1. The zero-order valence-corrected chi connectivity index (χ0v) is 10.2. The lowest BCUT2D eigenvalue weighted by atomic mass is 9.85. The molecule has 4 nitrogen and oxygen atoms in total. The van der Waals surface area contributed by atoms with Crippen molar-refractivity contribution < 1.29 is 9.59 Å². The molecule has 2 amide bonds. The van der Waals surface area contributed by atoms with Crippen LogP contribution in [-0.2, 0) is 9.59 Å². The normalized spacial score (nSPS) is 26.6. The first-order valence-corrected chi connectivity index (χ1v) is 6.13. The standard InChI is InChI=1S/C14H14N2O2/c1-9-6-10(8-15-7-9)16-13(17)11-4-2-3-5-12(11)14(16)18/h2-3,6-8,11-12H,4-5H2,1H3/t11-,12+. The van der Waals surface area contributed by atoms with Gasteiger partial charge in [-0.3, -0.25) is 14.6 Å². The van der Waals surface area contributed by atoms with Crippen LogP contribution in [0.5, 0.6) is 0 Å². The Morgan fingerprint density at radius 1 is 1.11 bits per heavy atom. The highest BCUT2D eigenvalue weighted by Gasteiger charge is 2.47. The summed E-state index contributed by atoms with van der Waals surface area (Å²) in [5.41, 5.74) is 1.54. The number of hydrogen-bond donors (Lipinski definition) is 0. The first-order valence-electron chi connectivity index (χ1n) is 6.13. The summed E-state index contributed by atoms with van der Waals surface area (Å²) in [5.74, 6) is -0.519. The van der Waals surface area contributed by atoms with Gasteiger partial charge in [-0.1, -0.05) is 12.2 Å². The van der Waals surface area contributed by atoms with E-state index in [4.69, 9.17) is 0 Å². The molecule has 1 aromatic rings. The number of aromatic nitrogens is 1. The second kappa shape index (κ2) is 4.05. The molecular weight excluding hydrogens is 228 g/mol. The number of amides is 2. The van der Waals surface area contributed by atoms with Gasteiger partial charge in [0.1, 0.15) is 0 Å². The van der Waals surface area contributed by atoms with Crippen LogP contribution in [0, 0.1) is 18.8 Å². The van der Waals surface area contributed by atoms with E-state index in [1.54, 1.807) is 12.4 Å². The maximum absolute atomic E-state index is 12.3.